The van der Waals surface area contributed by atoms with Crippen molar-refractivity contribution in [3.63, 3.8) is 0 Å². The van der Waals surface area contributed by atoms with E-state index in [1.165, 1.54) is 0 Å². The summed E-state index contributed by atoms with van der Waals surface area (Å²) in [5.41, 5.74) is 0. The monoisotopic (exact) mass is 428 g/mol. The van der Waals surface area contributed by atoms with Crippen molar-refractivity contribution in [2.75, 3.05) is 0 Å². The third-order valence-corrected chi connectivity index (χ3v) is 0. The molecule has 0 atom stereocenters. The second kappa shape index (κ2) is 16.5. The van der Waals surface area contributed by atoms with Gasteiger partial charge >= 0.3 is 0 Å². The molecule has 0 amide bonds. The van der Waals surface area contributed by atoms with Crippen LogP contribution in [0.3, 0.4) is 0 Å². The molecule has 4 heavy (non-hydrogen) atoms. The molecule has 0 radical (unpaired) electrons. The van der Waals surface area contributed by atoms with Gasteiger partial charge in [0, 0.05) is 93.8 Å². The first-order valence-electron chi connectivity index (χ1n) is 0. The Kier molecular flexibility index (Phi) is 114. The predicted molar refractivity (Wildman–Crippen MR) is 3.61 cm³/mol. The molecule has 0 fully saturated rings. The van der Waals surface area contributed by atoms with E-state index in [2.05, 4.69) is 0 Å². The topological polar surface area (TPSA) is 31.5 Å². The maximum atomic E-state index is 0. The normalized spacial score (nSPS) is 0. The van der Waals surface area contributed by atoms with Crippen LogP contribution >= 0.6 is 0 Å². The van der Waals surface area contributed by atoms with Crippen LogP contribution < -0.4 is 0 Å². The van der Waals surface area contributed by atoms with Crippen molar-refractivity contribution in [2.45, 2.75) is 0 Å². The molecule has 0 aliphatic carbocycles. The van der Waals surface area contributed by atoms with Crippen LogP contribution in [0.1, 0.15) is 0 Å². The average molecular weight is 428 g/mol. The number of rotatable bonds is 0. The summed E-state index contributed by atoms with van der Waals surface area (Å²) in [4.78, 5) is 0. The molecule has 0 saturated carbocycles. The van der Waals surface area contributed by atoms with Gasteiger partial charge < -0.3 is 5.48 Å². The first kappa shape index (κ1) is 27.5. The van der Waals surface area contributed by atoms with E-state index in [0.717, 1.165) is 0 Å². The number of hydrogen-bond acceptors (Lipinski definition) is 0. The quantitative estimate of drug-likeness (QED) is 0.452. The van der Waals surface area contributed by atoms with Gasteiger partial charge in [-0.25, -0.2) is 0 Å². The summed E-state index contributed by atoms with van der Waals surface area (Å²) in [5, 5.41) is 0. The fraction of sp³-hybridized carbons (Fsp3) is 0. The fourth-order valence-corrected chi connectivity index (χ4v) is 0. The fourth-order valence-electron chi connectivity index (χ4n) is 0. The van der Waals surface area contributed by atoms with Crippen molar-refractivity contribution in [1.82, 2.24) is 0 Å². The van der Waals surface area contributed by atoms with Crippen molar-refractivity contribution in [3.8, 4) is 0 Å². The van der Waals surface area contributed by atoms with Crippen LogP contribution in [0.5, 0.6) is 0 Å². The maximum Gasteiger partial charge on any atom is 0 e. The van der Waals surface area contributed by atoms with E-state index in [4.69, 9.17) is 0 Å². The molecule has 0 aromatic rings. The molecule has 0 bridgehead atoms. The van der Waals surface area contributed by atoms with Gasteiger partial charge in [0.1, 0.15) is 0 Å². The zero-order valence-electron chi connectivity index (χ0n) is 2.00. The Labute approximate surface area is 96.9 Å². The van der Waals surface area contributed by atoms with Gasteiger partial charge in [-0.1, -0.05) is 0 Å². The van der Waals surface area contributed by atoms with Gasteiger partial charge in [-0.05, 0) is 0 Å². The summed E-state index contributed by atoms with van der Waals surface area (Å²) >= 11 is 0. The Bertz CT molecular complexity index is 8.00. The molecule has 0 spiro atoms. The van der Waals surface area contributed by atoms with Gasteiger partial charge in [0.05, 0.1) is 0 Å². The van der Waals surface area contributed by atoms with Crippen molar-refractivity contribution < 1.29 is 99.3 Å². The van der Waals surface area contributed by atoms with Crippen LogP contribution in [0.15, 0.2) is 0 Å². The molecule has 1 nitrogen and oxygen atoms in total. The first-order valence-corrected chi connectivity index (χ1v) is 0. The average Bonchev–Trinajstić information content (AvgIpc) is 0. The minimum Gasteiger partial charge on any atom is -0.412 e. The molecule has 2 N–H and O–H groups in total. The van der Waals surface area contributed by atoms with E-state index in [9.17, 15) is 0 Å². The van der Waals surface area contributed by atoms with Crippen molar-refractivity contribution >= 4 is 0 Å². The van der Waals surface area contributed by atoms with Gasteiger partial charge in [-0.15, -0.1) is 0 Å². The number of hydrogen-bond donors (Lipinski definition) is 0. The first-order chi connectivity index (χ1) is 0. The van der Waals surface area contributed by atoms with E-state index in [1.54, 1.807) is 0 Å². The standard InChI is InChI=1S/Ce.Hf.H2O.Zr/h;;1H2;. The summed E-state index contributed by atoms with van der Waals surface area (Å²) < 4.78 is 0. The predicted octanol–water partition coefficient (Wildman–Crippen LogP) is -0.830. The molecular weight excluding hydrogens is 426 g/mol. The van der Waals surface area contributed by atoms with E-state index in [-0.39, 0.29) is 99.3 Å². The van der Waals surface area contributed by atoms with Crippen LogP contribution in [0.2, 0.25) is 0 Å². The largest absolute Gasteiger partial charge is 0.412 e. The van der Waals surface area contributed by atoms with Crippen molar-refractivity contribution in [1.29, 1.82) is 0 Å². The van der Waals surface area contributed by atoms with Gasteiger partial charge in [-0.3, -0.25) is 0 Å². The molecule has 4 heteroatoms. The summed E-state index contributed by atoms with van der Waals surface area (Å²) in [6.07, 6.45) is 0. The molecule has 0 aliphatic heterocycles. The molecule has 0 rings (SSSR count). The Morgan fingerprint density at radius 1 is 1.00 bits per heavy atom. The van der Waals surface area contributed by atoms with Crippen molar-refractivity contribution in [3.05, 3.63) is 0 Å². The van der Waals surface area contributed by atoms with Crippen molar-refractivity contribution in [2.24, 2.45) is 0 Å². The van der Waals surface area contributed by atoms with E-state index >= 15 is 0 Å². The van der Waals surface area contributed by atoms with E-state index < -0.39 is 0 Å². The third kappa shape index (κ3) is 8.92. The molecule has 0 heterocycles. The molecular formula is H2CeHfOZr. The zero-order chi connectivity index (χ0) is 0. The Morgan fingerprint density at radius 3 is 1.00 bits per heavy atom. The van der Waals surface area contributed by atoms with Gasteiger partial charge in [0.25, 0.3) is 0 Å². The Morgan fingerprint density at radius 2 is 1.00 bits per heavy atom. The molecule has 0 aromatic carbocycles. The third-order valence-electron chi connectivity index (χ3n) is 0. The minimum absolute atomic E-state index is 0. The van der Waals surface area contributed by atoms with Crippen LogP contribution in [-0.2, 0) is 52.0 Å². The van der Waals surface area contributed by atoms with Crippen LogP contribution in [-0.4, -0.2) is 5.48 Å². The summed E-state index contributed by atoms with van der Waals surface area (Å²) in [6.45, 7) is 0. The SMILES string of the molecule is O.[Ce].[Hf].[Zr]. The molecule has 0 saturated heterocycles. The summed E-state index contributed by atoms with van der Waals surface area (Å²) in [6, 6.07) is 0. The van der Waals surface area contributed by atoms with Crippen LogP contribution in [0.4, 0.5) is 0 Å². The Hall–Kier alpha value is 3.09. The molecule has 20 valence electrons. The van der Waals surface area contributed by atoms with Crippen LogP contribution in [0, 0.1) is 41.7 Å². The van der Waals surface area contributed by atoms with Gasteiger partial charge in [0.2, 0.25) is 0 Å². The van der Waals surface area contributed by atoms with E-state index in [1.807, 2.05) is 0 Å². The summed E-state index contributed by atoms with van der Waals surface area (Å²) in [7, 11) is 0. The second-order valence-electron chi connectivity index (χ2n) is 0. The molecule has 0 unspecified atom stereocenters. The summed E-state index contributed by atoms with van der Waals surface area (Å²) in [5.74, 6) is 0. The van der Waals surface area contributed by atoms with Gasteiger partial charge in [-0.2, -0.15) is 0 Å². The minimum atomic E-state index is 0. The maximum absolute atomic E-state index is 0. The zero-order valence-corrected chi connectivity index (χ0v) is 11.2. The second-order valence-corrected chi connectivity index (χ2v) is 0. The van der Waals surface area contributed by atoms with Gasteiger partial charge in [0.15, 0.2) is 0 Å². The van der Waals surface area contributed by atoms with Crippen LogP contribution in [0.25, 0.3) is 0 Å². The smallest absolute Gasteiger partial charge is 0 e. The van der Waals surface area contributed by atoms with E-state index in [0.29, 0.717) is 0 Å². The Balaban J connectivity index is 0. The molecule has 0 aliphatic rings. The molecule has 0 aromatic heterocycles.